The number of fused-ring (bicyclic) bond motifs is 1. The third-order valence-corrected chi connectivity index (χ3v) is 6.41. The molecule has 28 heavy (non-hydrogen) atoms. The number of aromatic nitrogens is 2. The minimum atomic E-state index is -3.42. The zero-order valence-electron chi connectivity index (χ0n) is 16.6. The number of nitrogens with zero attached hydrogens (tertiary/aromatic N) is 3. The van der Waals surface area contributed by atoms with Gasteiger partial charge in [-0.05, 0) is 44.9 Å². The molecule has 1 fully saturated rings. The fourth-order valence-corrected chi connectivity index (χ4v) is 5.08. The monoisotopic (exact) mass is 471 g/mol. The number of likely N-dealkylation sites (tertiary alicyclic amines) is 1. The summed E-state index contributed by atoms with van der Waals surface area (Å²) in [4.78, 5) is 13.5. The van der Waals surface area contributed by atoms with E-state index < -0.39 is 15.4 Å². The molecule has 1 saturated heterocycles. The Morgan fingerprint density at radius 3 is 2.54 bits per heavy atom. The molecule has 154 valence electrons. The van der Waals surface area contributed by atoms with Crippen molar-refractivity contribution in [2.24, 2.45) is 0 Å². The lowest BCUT2D eigenvalue weighted by molar-refractivity contribution is -0.155. The third kappa shape index (κ3) is 4.75. The molecule has 1 aromatic carbocycles. The molecule has 0 unspecified atom stereocenters. The molecule has 1 aliphatic heterocycles. The van der Waals surface area contributed by atoms with E-state index in [1.54, 1.807) is 0 Å². The number of carbonyl (C=O) groups is 1. The number of carbonyl (C=O) groups excluding carboxylic acids is 1. The average Bonchev–Trinajstić information content (AvgIpc) is 2.92. The van der Waals surface area contributed by atoms with Crippen LogP contribution in [0.25, 0.3) is 10.9 Å². The lowest BCUT2D eigenvalue weighted by Crippen LogP contribution is -2.45. The van der Waals surface area contributed by atoms with E-state index in [4.69, 9.17) is 4.74 Å². The molecule has 9 heteroatoms. The van der Waals surface area contributed by atoms with E-state index >= 15 is 0 Å². The maximum absolute atomic E-state index is 12.2. The van der Waals surface area contributed by atoms with Crippen LogP contribution in [0.15, 0.2) is 27.7 Å². The standard InChI is InChI=1S/C19H26BrN3O4S/c1-13(24)27-19(2,3)12-22-9-7-15(8-10-22)23-17-6-5-14(20)11-16(17)18(21-23)28(4,25)26/h5-6,11,15H,7-10,12H2,1-4H3. The first-order valence-electron chi connectivity index (χ1n) is 9.26. The molecule has 0 saturated carbocycles. The Kier molecular flexibility index (Phi) is 5.89. The van der Waals surface area contributed by atoms with E-state index in [9.17, 15) is 13.2 Å². The van der Waals surface area contributed by atoms with E-state index in [2.05, 4.69) is 25.9 Å². The molecule has 0 bridgehead atoms. The molecular formula is C19H26BrN3O4S. The second-order valence-corrected chi connectivity index (χ2v) is 10.9. The number of benzene rings is 1. The molecule has 1 aliphatic rings. The van der Waals surface area contributed by atoms with E-state index in [0.717, 1.165) is 35.9 Å². The Hall–Kier alpha value is -1.45. The lowest BCUT2D eigenvalue weighted by atomic mass is 10.0. The van der Waals surface area contributed by atoms with Crippen LogP contribution in [-0.4, -0.2) is 60.6 Å². The Labute approximate surface area is 174 Å². The topological polar surface area (TPSA) is 81.5 Å². The maximum atomic E-state index is 12.2. The van der Waals surface area contributed by atoms with Crippen molar-refractivity contribution in [2.45, 2.75) is 50.3 Å². The average molecular weight is 472 g/mol. The molecule has 0 aliphatic carbocycles. The highest BCUT2D eigenvalue weighted by atomic mass is 79.9. The van der Waals surface area contributed by atoms with Crippen molar-refractivity contribution in [2.75, 3.05) is 25.9 Å². The van der Waals surface area contributed by atoms with Crippen molar-refractivity contribution in [1.29, 1.82) is 0 Å². The fraction of sp³-hybridized carbons (Fsp3) is 0.579. The molecule has 0 atom stereocenters. The highest BCUT2D eigenvalue weighted by Gasteiger charge is 2.30. The molecular weight excluding hydrogens is 446 g/mol. The molecule has 0 radical (unpaired) electrons. The van der Waals surface area contributed by atoms with Gasteiger partial charge in [0.05, 0.1) is 11.6 Å². The first-order chi connectivity index (χ1) is 13.0. The predicted molar refractivity (Wildman–Crippen MR) is 111 cm³/mol. The summed E-state index contributed by atoms with van der Waals surface area (Å²) in [7, 11) is -3.42. The molecule has 2 heterocycles. The van der Waals surface area contributed by atoms with Crippen LogP contribution in [0.2, 0.25) is 0 Å². The summed E-state index contributed by atoms with van der Waals surface area (Å²) in [6.07, 6.45) is 2.90. The van der Waals surface area contributed by atoms with Crippen LogP contribution in [0.1, 0.15) is 39.7 Å². The first-order valence-corrected chi connectivity index (χ1v) is 11.9. The number of halogens is 1. The summed E-state index contributed by atoms with van der Waals surface area (Å²) in [5.41, 5.74) is 0.301. The third-order valence-electron chi connectivity index (χ3n) is 4.91. The highest BCUT2D eigenvalue weighted by molar-refractivity contribution is 9.10. The van der Waals surface area contributed by atoms with Gasteiger partial charge >= 0.3 is 5.97 Å². The molecule has 0 amide bonds. The van der Waals surface area contributed by atoms with E-state index in [0.29, 0.717) is 11.9 Å². The molecule has 0 spiro atoms. The van der Waals surface area contributed by atoms with Gasteiger partial charge in [-0.3, -0.25) is 14.4 Å². The van der Waals surface area contributed by atoms with Crippen LogP contribution in [0.4, 0.5) is 0 Å². The second kappa shape index (κ2) is 7.76. The normalized spacial score (nSPS) is 17.2. The van der Waals surface area contributed by atoms with Crippen LogP contribution < -0.4 is 0 Å². The van der Waals surface area contributed by atoms with Crippen LogP contribution in [0.5, 0.6) is 0 Å². The molecule has 3 rings (SSSR count). The van der Waals surface area contributed by atoms with Gasteiger partial charge in [0, 0.05) is 42.7 Å². The van der Waals surface area contributed by atoms with Crippen molar-refractivity contribution < 1.29 is 17.9 Å². The maximum Gasteiger partial charge on any atom is 0.303 e. The zero-order valence-corrected chi connectivity index (χ0v) is 19.0. The van der Waals surface area contributed by atoms with Gasteiger partial charge in [-0.1, -0.05) is 15.9 Å². The fourth-order valence-electron chi connectivity index (χ4n) is 3.92. The molecule has 0 N–H and O–H groups in total. The summed E-state index contributed by atoms with van der Waals surface area (Å²) in [6, 6.07) is 5.76. The SMILES string of the molecule is CC(=O)OC(C)(C)CN1CCC(n2nc(S(C)(=O)=O)c3cc(Br)ccc32)CC1. The second-order valence-electron chi connectivity index (χ2n) is 8.04. The summed E-state index contributed by atoms with van der Waals surface area (Å²) < 4.78 is 32.5. The van der Waals surface area contributed by atoms with E-state index in [1.165, 1.54) is 13.2 Å². The van der Waals surface area contributed by atoms with Gasteiger partial charge in [0.2, 0.25) is 0 Å². The van der Waals surface area contributed by atoms with Crippen LogP contribution in [-0.2, 0) is 19.4 Å². The number of hydrogen-bond donors (Lipinski definition) is 0. The number of esters is 1. The lowest BCUT2D eigenvalue weighted by Gasteiger charge is -2.37. The smallest absolute Gasteiger partial charge is 0.303 e. The van der Waals surface area contributed by atoms with E-state index in [-0.39, 0.29) is 17.0 Å². The van der Waals surface area contributed by atoms with Gasteiger partial charge in [-0.15, -0.1) is 0 Å². The number of ether oxygens (including phenoxy) is 1. The van der Waals surface area contributed by atoms with E-state index in [1.807, 2.05) is 36.7 Å². The number of rotatable bonds is 5. The summed E-state index contributed by atoms with van der Waals surface area (Å²) in [6.45, 7) is 7.59. The van der Waals surface area contributed by atoms with Gasteiger partial charge in [-0.25, -0.2) is 8.42 Å². The molecule has 7 nitrogen and oxygen atoms in total. The van der Waals surface area contributed by atoms with Gasteiger partial charge in [0.25, 0.3) is 0 Å². The van der Waals surface area contributed by atoms with Crippen molar-refractivity contribution in [3.05, 3.63) is 22.7 Å². The number of piperidine rings is 1. The number of hydrogen-bond acceptors (Lipinski definition) is 6. The summed E-state index contributed by atoms with van der Waals surface area (Å²) >= 11 is 3.42. The Morgan fingerprint density at radius 2 is 1.96 bits per heavy atom. The molecule has 1 aromatic heterocycles. The minimum absolute atomic E-state index is 0.127. The summed E-state index contributed by atoms with van der Waals surface area (Å²) in [5.74, 6) is -0.276. The zero-order chi connectivity index (χ0) is 20.7. The van der Waals surface area contributed by atoms with Crippen LogP contribution >= 0.6 is 15.9 Å². The number of sulfone groups is 1. The highest BCUT2D eigenvalue weighted by Crippen LogP contribution is 2.32. The van der Waals surface area contributed by atoms with Crippen LogP contribution in [0.3, 0.4) is 0 Å². The quantitative estimate of drug-likeness (QED) is 0.622. The Balaban J connectivity index is 1.80. The Morgan fingerprint density at radius 1 is 1.32 bits per heavy atom. The minimum Gasteiger partial charge on any atom is -0.458 e. The van der Waals surface area contributed by atoms with Gasteiger partial charge < -0.3 is 4.74 Å². The molecule has 2 aromatic rings. The van der Waals surface area contributed by atoms with Crippen molar-refractivity contribution in [3.63, 3.8) is 0 Å². The Bertz CT molecular complexity index is 992. The van der Waals surface area contributed by atoms with Crippen molar-refractivity contribution in [3.8, 4) is 0 Å². The van der Waals surface area contributed by atoms with Gasteiger partial charge in [0.1, 0.15) is 5.60 Å². The summed E-state index contributed by atoms with van der Waals surface area (Å²) in [5, 5.41) is 5.26. The van der Waals surface area contributed by atoms with Crippen LogP contribution in [0, 0.1) is 0 Å². The first kappa shape index (κ1) is 21.3. The van der Waals surface area contributed by atoms with Gasteiger partial charge in [0.15, 0.2) is 14.9 Å². The van der Waals surface area contributed by atoms with Crippen molar-refractivity contribution in [1.82, 2.24) is 14.7 Å². The van der Waals surface area contributed by atoms with Gasteiger partial charge in [-0.2, -0.15) is 5.10 Å². The van der Waals surface area contributed by atoms with Crippen molar-refractivity contribution >= 4 is 42.6 Å². The largest absolute Gasteiger partial charge is 0.458 e. The predicted octanol–water partition coefficient (Wildman–Crippen LogP) is 3.18.